The molecule has 2 amide bonds. The first-order chi connectivity index (χ1) is 12.4. The zero-order valence-corrected chi connectivity index (χ0v) is 15.8. The van der Waals surface area contributed by atoms with E-state index in [-0.39, 0.29) is 11.8 Å². The summed E-state index contributed by atoms with van der Waals surface area (Å²) in [7, 11) is 1.59. The SMILES string of the molecule is COc1ccccc1CNC(=O)C(C)(C)C(=O)NCCN1CCOCC1. The molecule has 1 aliphatic heterocycles. The maximum absolute atomic E-state index is 12.5. The molecule has 0 spiro atoms. The van der Waals surface area contributed by atoms with Gasteiger partial charge in [-0.1, -0.05) is 18.2 Å². The van der Waals surface area contributed by atoms with Crippen LogP contribution < -0.4 is 15.4 Å². The minimum Gasteiger partial charge on any atom is -0.496 e. The number of nitrogens with one attached hydrogen (secondary N) is 2. The number of hydrogen-bond acceptors (Lipinski definition) is 5. The molecule has 1 saturated heterocycles. The van der Waals surface area contributed by atoms with Crippen LogP contribution in [0.25, 0.3) is 0 Å². The Morgan fingerprint density at radius 3 is 2.50 bits per heavy atom. The van der Waals surface area contributed by atoms with Crippen LogP contribution in [-0.2, 0) is 20.9 Å². The lowest BCUT2D eigenvalue weighted by molar-refractivity contribution is -0.141. The van der Waals surface area contributed by atoms with Crippen LogP contribution in [0.4, 0.5) is 0 Å². The van der Waals surface area contributed by atoms with Crippen molar-refractivity contribution in [3.63, 3.8) is 0 Å². The number of nitrogens with zero attached hydrogens (tertiary/aromatic N) is 1. The Morgan fingerprint density at radius 2 is 1.81 bits per heavy atom. The van der Waals surface area contributed by atoms with Crippen molar-refractivity contribution in [3.8, 4) is 5.75 Å². The third kappa shape index (κ3) is 5.44. The number of morpholine rings is 1. The van der Waals surface area contributed by atoms with Crippen LogP contribution in [0.3, 0.4) is 0 Å². The van der Waals surface area contributed by atoms with E-state index < -0.39 is 5.41 Å². The van der Waals surface area contributed by atoms with Crippen molar-refractivity contribution in [2.75, 3.05) is 46.5 Å². The lowest BCUT2D eigenvalue weighted by Gasteiger charge is -2.27. The molecule has 7 heteroatoms. The zero-order chi connectivity index (χ0) is 19.0. The number of hydrogen-bond donors (Lipinski definition) is 2. The predicted octanol–water partition coefficient (Wildman–Crippen LogP) is 0.786. The van der Waals surface area contributed by atoms with Gasteiger partial charge in [-0.3, -0.25) is 14.5 Å². The van der Waals surface area contributed by atoms with Crippen LogP contribution in [0.5, 0.6) is 5.75 Å². The molecule has 2 N–H and O–H groups in total. The average molecular weight is 363 g/mol. The molecular weight excluding hydrogens is 334 g/mol. The number of carbonyl (C=O) groups is 2. The highest BCUT2D eigenvalue weighted by molar-refractivity contribution is 6.04. The normalized spacial score (nSPS) is 15.3. The summed E-state index contributed by atoms with van der Waals surface area (Å²) in [6.07, 6.45) is 0. The monoisotopic (exact) mass is 363 g/mol. The van der Waals surface area contributed by atoms with Gasteiger partial charge in [-0.05, 0) is 19.9 Å². The molecule has 2 rings (SSSR count). The standard InChI is InChI=1S/C19H29N3O4/c1-19(2,17(23)20-8-9-22-10-12-26-13-11-22)18(24)21-14-15-6-4-5-7-16(15)25-3/h4-7H,8-14H2,1-3H3,(H,20,23)(H,21,24). The summed E-state index contributed by atoms with van der Waals surface area (Å²) in [5.74, 6) is 0.121. The summed E-state index contributed by atoms with van der Waals surface area (Å²) < 4.78 is 10.6. The fraction of sp³-hybridized carbons (Fsp3) is 0.579. The lowest BCUT2D eigenvalue weighted by Crippen LogP contribution is -2.49. The van der Waals surface area contributed by atoms with Crippen LogP contribution in [-0.4, -0.2) is 63.2 Å². The van der Waals surface area contributed by atoms with Gasteiger partial charge in [-0.2, -0.15) is 0 Å². The van der Waals surface area contributed by atoms with E-state index >= 15 is 0 Å². The number of carbonyl (C=O) groups excluding carboxylic acids is 2. The molecule has 1 aromatic carbocycles. The molecule has 7 nitrogen and oxygen atoms in total. The Hall–Kier alpha value is -2.12. The fourth-order valence-electron chi connectivity index (χ4n) is 2.72. The number of benzene rings is 1. The summed E-state index contributed by atoms with van der Waals surface area (Å²) >= 11 is 0. The highest BCUT2D eigenvalue weighted by Crippen LogP contribution is 2.19. The fourth-order valence-corrected chi connectivity index (χ4v) is 2.72. The number of amides is 2. The molecule has 0 bridgehead atoms. The average Bonchev–Trinajstić information content (AvgIpc) is 2.66. The van der Waals surface area contributed by atoms with Gasteiger partial charge in [0.25, 0.3) is 0 Å². The van der Waals surface area contributed by atoms with Gasteiger partial charge in [0.1, 0.15) is 11.2 Å². The molecule has 1 aromatic rings. The van der Waals surface area contributed by atoms with Crippen molar-refractivity contribution in [1.29, 1.82) is 0 Å². The minimum absolute atomic E-state index is 0.275. The molecule has 0 atom stereocenters. The second-order valence-electron chi connectivity index (χ2n) is 6.83. The Balaban J connectivity index is 1.80. The Labute approximate surface area is 155 Å². The van der Waals surface area contributed by atoms with E-state index in [2.05, 4.69) is 15.5 Å². The molecule has 1 fully saturated rings. The van der Waals surface area contributed by atoms with Crippen molar-refractivity contribution in [1.82, 2.24) is 15.5 Å². The molecule has 0 unspecified atom stereocenters. The first-order valence-electron chi connectivity index (χ1n) is 8.93. The zero-order valence-electron chi connectivity index (χ0n) is 15.8. The third-order valence-corrected chi connectivity index (χ3v) is 4.58. The summed E-state index contributed by atoms with van der Waals surface area (Å²) in [6, 6.07) is 7.48. The summed E-state index contributed by atoms with van der Waals surface area (Å²) in [5.41, 5.74) is -0.278. The van der Waals surface area contributed by atoms with Crippen molar-refractivity contribution < 1.29 is 19.1 Å². The van der Waals surface area contributed by atoms with Gasteiger partial charge in [0.2, 0.25) is 11.8 Å². The largest absolute Gasteiger partial charge is 0.496 e. The molecule has 26 heavy (non-hydrogen) atoms. The van der Waals surface area contributed by atoms with Crippen molar-refractivity contribution in [3.05, 3.63) is 29.8 Å². The first kappa shape index (κ1) is 20.2. The smallest absolute Gasteiger partial charge is 0.235 e. The van der Waals surface area contributed by atoms with Crippen LogP contribution in [0.15, 0.2) is 24.3 Å². The van der Waals surface area contributed by atoms with Gasteiger partial charge in [0, 0.05) is 38.3 Å². The van der Waals surface area contributed by atoms with Crippen LogP contribution >= 0.6 is 0 Å². The lowest BCUT2D eigenvalue weighted by atomic mass is 9.91. The first-order valence-corrected chi connectivity index (χ1v) is 8.93. The van der Waals surface area contributed by atoms with E-state index in [1.165, 1.54) is 0 Å². The van der Waals surface area contributed by atoms with Gasteiger partial charge in [-0.15, -0.1) is 0 Å². The van der Waals surface area contributed by atoms with Gasteiger partial charge in [0.15, 0.2) is 0 Å². The highest BCUT2D eigenvalue weighted by Gasteiger charge is 2.35. The number of ether oxygens (including phenoxy) is 2. The number of rotatable bonds is 8. The van der Waals surface area contributed by atoms with Gasteiger partial charge in [-0.25, -0.2) is 0 Å². The quantitative estimate of drug-likeness (QED) is 0.668. The van der Waals surface area contributed by atoms with E-state index in [1.807, 2.05) is 24.3 Å². The van der Waals surface area contributed by atoms with E-state index in [0.29, 0.717) is 18.8 Å². The third-order valence-electron chi connectivity index (χ3n) is 4.58. The molecule has 1 aliphatic rings. The van der Waals surface area contributed by atoms with E-state index in [1.54, 1.807) is 21.0 Å². The van der Waals surface area contributed by atoms with E-state index in [4.69, 9.17) is 9.47 Å². The predicted molar refractivity (Wildman–Crippen MR) is 98.9 cm³/mol. The van der Waals surface area contributed by atoms with Crippen molar-refractivity contribution in [2.24, 2.45) is 5.41 Å². The molecule has 144 valence electrons. The van der Waals surface area contributed by atoms with Crippen molar-refractivity contribution in [2.45, 2.75) is 20.4 Å². The summed E-state index contributed by atoms with van der Waals surface area (Å²) in [5, 5.41) is 5.69. The van der Waals surface area contributed by atoms with Crippen LogP contribution in [0.1, 0.15) is 19.4 Å². The Morgan fingerprint density at radius 1 is 1.15 bits per heavy atom. The topological polar surface area (TPSA) is 79.9 Å². The highest BCUT2D eigenvalue weighted by atomic mass is 16.5. The van der Waals surface area contributed by atoms with Gasteiger partial charge < -0.3 is 20.1 Å². The molecule has 0 aromatic heterocycles. The second-order valence-corrected chi connectivity index (χ2v) is 6.83. The van der Waals surface area contributed by atoms with Crippen molar-refractivity contribution >= 4 is 11.8 Å². The second kappa shape index (κ2) is 9.54. The molecule has 0 radical (unpaired) electrons. The summed E-state index contributed by atoms with van der Waals surface area (Å²) in [4.78, 5) is 27.2. The Kier molecular flexibility index (Phi) is 7.41. The molecule has 0 saturated carbocycles. The number of methoxy groups -OCH3 is 1. The maximum atomic E-state index is 12.5. The number of para-hydroxylation sites is 1. The van der Waals surface area contributed by atoms with Gasteiger partial charge >= 0.3 is 0 Å². The van der Waals surface area contributed by atoms with Crippen LogP contribution in [0.2, 0.25) is 0 Å². The molecule has 1 heterocycles. The van der Waals surface area contributed by atoms with Crippen LogP contribution in [0, 0.1) is 5.41 Å². The Bertz CT molecular complexity index is 613. The molecular formula is C19H29N3O4. The summed E-state index contributed by atoms with van der Waals surface area (Å²) in [6.45, 7) is 8.06. The van der Waals surface area contributed by atoms with Gasteiger partial charge in [0.05, 0.1) is 20.3 Å². The maximum Gasteiger partial charge on any atom is 0.235 e. The molecule has 0 aliphatic carbocycles. The minimum atomic E-state index is -1.15. The van der Waals surface area contributed by atoms with E-state index in [0.717, 1.165) is 38.4 Å². The van der Waals surface area contributed by atoms with E-state index in [9.17, 15) is 9.59 Å².